The molecule has 5 nitrogen and oxygen atoms in total. The Morgan fingerprint density at radius 3 is 2.53 bits per heavy atom. The highest BCUT2D eigenvalue weighted by atomic mass is 32.2. The van der Waals surface area contributed by atoms with Gasteiger partial charge in [-0.05, 0) is 18.4 Å². The lowest BCUT2D eigenvalue weighted by Gasteiger charge is -2.04. The first-order chi connectivity index (χ1) is 8.08. The van der Waals surface area contributed by atoms with Crippen LogP contribution in [0.1, 0.15) is 18.4 Å². The summed E-state index contributed by atoms with van der Waals surface area (Å²) in [5.41, 5.74) is 1.13. The molecule has 3 N–H and O–H groups in total. The van der Waals surface area contributed by atoms with E-state index in [1.165, 1.54) is 0 Å². The van der Waals surface area contributed by atoms with Crippen molar-refractivity contribution in [3.05, 3.63) is 35.9 Å². The molecule has 0 aliphatic heterocycles. The fourth-order valence-electron chi connectivity index (χ4n) is 1.31. The summed E-state index contributed by atoms with van der Waals surface area (Å²) in [6, 6.07) is 9.90. The fourth-order valence-corrected chi connectivity index (χ4v) is 1.74. The molecular weight excluding hydrogens is 240 g/mol. The van der Waals surface area contributed by atoms with Crippen molar-refractivity contribution in [1.82, 2.24) is 4.72 Å². The molecule has 0 amide bonds. The number of benzene rings is 1. The summed E-state index contributed by atoms with van der Waals surface area (Å²) in [5.74, 6) is 0. The molecule has 0 unspecified atom stereocenters. The van der Waals surface area contributed by atoms with Gasteiger partial charge in [0.25, 0.3) is 10.2 Å². The number of unbranched alkanes of at least 4 members (excludes halogenated alkanes) is 1. The topological polar surface area (TPSA) is 81.4 Å². The molecule has 0 saturated heterocycles. The molecule has 96 valence electrons. The van der Waals surface area contributed by atoms with Gasteiger partial charge in [0, 0.05) is 13.2 Å². The van der Waals surface area contributed by atoms with Gasteiger partial charge in [-0.3, -0.25) is 0 Å². The van der Waals surface area contributed by atoms with Crippen LogP contribution in [0.5, 0.6) is 0 Å². The van der Waals surface area contributed by atoms with Crippen LogP contribution in [-0.4, -0.2) is 21.6 Å². The largest absolute Gasteiger partial charge is 0.377 e. The fraction of sp³-hybridized carbons (Fsp3) is 0.455. The molecule has 6 heteroatoms. The molecule has 17 heavy (non-hydrogen) atoms. The van der Waals surface area contributed by atoms with Crippen LogP contribution in [0.25, 0.3) is 0 Å². The van der Waals surface area contributed by atoms with E-state index in [2.05, 4.69) is 4.72 Å². The van der Waals surface area contributed by atoms with Gasteiger partial charge in [0.1, 0.15) is 0 Å². The van der Waals surface area contributed by atoms with Crippen molar-refractivity contribution in [3.63, 3.8) is 0 Å². The van der Waals surface area contributed by atoms with Crippen molar-refractivity contribution in [1.29, 1.82) is 0 Å². The molecule has 0 atom stereocenters. The molecule has 0 fully saturated rings. The summed E-state index contributed by atoms with van der Waals surface area (Å²) in [4.78, 5) is 0. The highest BCUT2D eigenvalue weighted by molar-refractivity contribution is 7.87. The van der Waals surface area contributed by atoms with Crippen molar-refractivity contribution in [2.75, 3.05) is 13.2 Å². The van der Waals surface area contributed by atoms with Crippen molar-refractivity contribution in [2.24, 2.45) is 5.14 Å². The van der Waals surface area contributed by atoms with Gasteiger partial charge >= 0.3 is 0 Å². The van der Waals surface area contributed by atoms with Crippen molar-refractivity contribution in [3.8, 4) is 0 Å². The molecular formula is C11H18N2O3S. The van der Waals surface area contributed by atoms with E-state index in [1.54, 1.807) is 0 Å². The van der Waals surface area contributed by atoms with E-state index in [9.17, 15) is 8.42 Å². The lowest BCUT2D eigenvalue weighted by Crippen LogP contribution is -2.31. The number of ether oxygens (including phenoxy) is 1. The van der Waals surface area contributed by atoms with Crippen LogP contribution in [0.4, 0.5) is 0 Å². The van der Waals surface area contributed by atoms with Crippen LogP contribution in [0, 0.1) is 0 Å². The number of hydrogen-bond donors (Lipinski definition) is 2. The molecule has 0 aliphatic carbocycles. The third kappa shape index (κ3) is 7.87. The summed E-state index contributed by atoms with van der Waals surface area (Å²) >= 11 is 0. The SMILES string of the molecule is NS(=O)(=O)NCCCCOCc1ccccc1. The third-order valence-electron chi connectivity index (χ3n) is 2.13. The van der Waals surface area contributed by atoms with Gasteiger partial charge in [-0.1, -0.05) is 30.3 Å². The van der Waals surface area contributed by atoms with Gasteiger partial charge in [-0.2, -0.15) is 8.42 Å². The van der Waals surface area contributed by atoms with E-state index < -0.39 is 10.2 Å². The lowest BCUT2D eigenvalue weighted by molar-refractivity contribution is 0.117. The molecule has 0 bridgehead atoms. The van der Waals surface area contributed by atoms with Crippen LogP contribution < -0.4 is 9.86 Å². The number of rotatable bonds is 8. The Bertz CT molecular complexity index is 406. The predicted octanol–water partition coefficient (Wildman–Crippen LogP) is 0.777. The standard InChI is InChI=1S/C11H18N2O3S/c12-17(14,15)13-8-4-5-9-16-10-11-6-2-1-3-7-11/h1-3,6-7,13H,4-5,8-10H2,(H2,12,14,15). The summed E-state index contributed by atoms with van der Waals surface area (Å²) in [7, 11) is -3.55. The first kappa shape index (κ1) is 14.1. The van der Waals surface area contributed by atoms with Crippen LogP contribution in [0.3, 0.4) is 0 Å². The Kier molecular flexibility index (Phi) is 6.13. The second-order valence-corrected chi connectivity index (χ2v) is 5.06. The monoisotopic (exact) mass is 258 g/mol. The van der Waals surface area contributed by atoms with E-state index >= 15 is 0 Å². The van der Waals surface area contributed by atoms with Crippen molar-refractivity contribution in [2.45, 2.75) is 19.4 Å². The summed E-state index contributed by atoms with van der Waals surface area (Å²) in [6.07, 6.45) is 1.51. The minimum Gasteiger partial charge on any atom is -0.377 e. The summed E-state index contributed by atoms with van der Waals surface area (Å²) in [5, 5.41) is 4.78. The maximum Gasteiger partial charge on any atom is 0.274 e. The Labute approximate surface area is 102 Å². The highest BCUT2D eigenvalue weighted by Gasteiger charge is 1.99. The average Bonchev–Trinajstić information content (AvgIpc) is 2.28. The maximum absolute atomic E-state index is 10.5. The van der Waals surface area contributed by atoms with E-state index in [0.29, 0.717) is 26.2 Å². The molecule has 0 radical (unpaired) electrons. The van der Waals surface area contributed by atoms with Gasteiger partial charge in [0.05, 0.1) is 6.61 Å². The molecule has 0 aromatic heterocycles. The van der Waals surface area contributed by atoms with Gasteiger partial charge < -0.3 is 4.74 Å². The molecule has 1 rings (SSSR count). The Morgan fingerprint density at radius 1 is 1.18 bits per heavy atom. The molecule has 0 aliphatic rings. The predicted molar refractivity (Wildman–Crippen MR) is 66.4 cm³/mol. The quantitative estimate of drug-likeness (QED) is 0.676. The summed E-state index contributed by atoms with van der Waals surface area (Å²) in [6.45, 7) is 1.55. The zero-order valence-electron chi connectivity index (χ0n) is 9.63. The second kappa shape index (κ2) is 7.39. The molecule has 0 spiro atoms. The Morgan fingerprint density at radius 2 is 1.88 bits per heavy atom. The van der Waals surface area contributed by atoms with E-state index in [1.807, 2.05) is 30.3 Å². The van der Waals surface area contributed by atoms with Gasteiger partial charge in [-0.25, -0.2) is 9.86 Å². The van der Waals surface area contributed by atoms with E-state index in [0.717, 1.165) is 12.0 Å². The smallest absolute Gasteiger partial charge is 0.274 e. The first-order valence-corrected chi connectivity index (χ1v) is 7.01. The van der Waals surface area contributed by atoms with Gasteiger partial charge in [-0.15, -0.1) is 0 Å². The zero-order chi connectivity index (χ0) is 12.6. The molecule has 0 heterocycles. The van der Waals surface area contributed by atoms with E-state index in [-0.39, 0.29) is 0 Å². The van der Waals surface area contributed by atoms with Crippen LogP contribution >= 0.6 is 0 Å². The minimum absolute atomic E-state index is 0.355. The Balaban J connectivity index is 1.99. The van der Waals surface area contributed by atoms with Crippen LogP contribution in [0.15, 0.2) is 30.3 Å². The van der Waals surface area contributed by atoms with E-state index in [4.69, 9.17) is 9.88 Å². The Hall–Kier alpha value is -0.950. The molecule has 1 aromatic carbocycles. The van der Waals surface area contributed by atoms with Gasteiger partial charge in [0.2, 0.25) is 0 Å². The zero-order valence-corrected chi connectivity index (χ0v) is 10.4. The number of hydrogen-bond acceptors (Lipinski definition) is 3. The van der Waals surface area contributed by atoms with Crippen LogP contribution in [-0.2, 0) is 21.6 Å². The first-order valence-electron chi connectivity index (χ1n) is 5.47. The minimum atomic E-state index is -3.55. The third-order valence-corrected chi connectivity index (χ3v) is 2.74. The maximum atomic E-state index is 10.5. The number of nitrogens with one attached hydrogen (secondary N) is 1. The molecule has 1 aromatic rings. The van der Waals surface area contributed by atoms with Gasteiger partial charge in [0.15, 0.2) is 0 Å². The second-order valence-electron chi connectivity index (χ2n) is 3.68. The normalized spacial score (nSPS) is 11.6. The van der Waals surface area contributed by atoms with Crippen molar-refractivity contribution >= 4 is 10.2 Å². The summed E-state index contributed by atoms with van der Waals surface area (Å²) < 4.78 is 28.7. The van der Waals surface area contributed by atoms with Crippen molar-refractivity contribution < 1.29 is 13.2 Å². The lowest BCUT2D eigenvalue weighted by atomic mass is 10.2. The average molecular weight is 258 g/mol. The molecule has 0 saturated carbocycles. The highest BCUT2D eigenvalue weighted by Crippen LogP contribution is 2.01. The number of nitrogens with two attached hydrogens (primary N) is 1. The van der Waals surface area contributed by atoms with Crippen LogP contribution in [0.2, 0.25) is 0 Å².